The van der Waals surface area contributed by atoms with Gasteiger partial charge in [0.15, 0.2) is 0 Å². The Balaban J connectivity index is 1.53. The van der Waals surface area contributed by atoms with Gasteiger partial charge in [0.25, 0.3) is 5.91 Å². The standard InChI is InChI=1S/C30H41ClN6O3S/c1-5-6-24(8-13-34-40)18-33-30(39)37(19-25-11-16-41-20-25)26-9-14-36(15-10-26)22(3)7-12-32-29(38)28-21(2)17-27(31)35-23(28)4/h5-6,8,11,13,16-17,20,22,26,34,40H,1,7,9-10,12,14-15,18-19H2,2-4H3,(H,32,38)(H,33,39)/b13-8-,24-6+/t22-/m1/s1. The third kappa shape index (κ3) is 9.71. The number of hydrogen-bond donors (Lipinski definition) is 4. The summed E-state index contributed by atoms with van der Waals surface area (Å²) in [5.41, 5.74) is 5.93. The Labute approximate surface area is 251 Å². The van der Waals surface area contributed by atoms with Crippen molar-refractivity contribution in [1.29, 1.82) is 0 Å². The molecule has 1 aliphatic heterocycles. The number of amides is 3. The number of carbonyl (C=O) groups is 2. The molecule has 3 amide bonds. The van der Waals surface area contributed by atoms with Crippen LogP contribution in [0.3, 0.4) is 0 Å². The van der Waals surface area contributed by atoms with E-state index < -0.39 is 0 Å². The number of aromatic nitrogens is 1. The molecular weight excluding hydrogens is 560 g/mol. The Kier molecular flexibility index (Phi) is 12.9. The number of rotatable bonds is 13. The van der Waals surface area contributed by atoms with Crippen LogP contribution in [0.1, 0.15) is 53.4 Å². The fraction of sp³-hybridized carbons (Fsp3) is 0.433. The lowest BCUT2D eigenvalue weighted by atomic mass is 10.0. The average Bonchev–Trinajstić information content (AvgIpc) is 3.46. The fourth-order valence-corrected chi connectivity index (χ4v) is 6.08. The number of carbonyl (C=O) groups excluding carboxylic acids is 2. The quantitative estimate of drug-likeness (QED) is 0.143. The summed E-state index contributed by atoms with van der Waals surface area (Å²) in [6.45, 7) is 12.7. The molecule has 0 saturated carbocycles. The van der Waals surface area contributed by atoms with Crippen LogP contribution >= 0.6 is 22.9 Å². The molecule has 1 aliphatic rings. The van der Waals surface area contributed by atoms with Gasteiger partial charge in [-0.1, -0.05) is 30.3 Å². The predicted octanol–water partition coefficient (Wildman–Crippen LogP) is 5.20. The topological polar surface area (TPSA) is 110 Å². The summed E-state index contributed by atoms with van der Waals surface area (Å²) in [6, 6.07) is 4.05. The maximum Gasteiger partial charge on any atom is 0.318 e. The van der Waals surface area contributed by atoms with Crippen LogP contribution in [0.2, 0.25) is 5.15 Å². The Hall–Kier alpha value is -3.18. The number of halogens is 1. The zero-order chi connectivity index (χ0) is 29.8. The SMILES string of the molecule is C=C/C=C(\C=C/NO)CNC(=O)N(Cc1ccsc1)C1CCN([C@H](C)CCNC(=O)c2c(C)cc(Cl)nc2C)CC1. The second-order valence-electron chi connectivity index (χ2n) is 10.2. The van der Waals surface area contributed by atoms with E-state index in [0.29, 0.717) is 42.1 Å². The molecule has 1 fully saturated rings. The highest BCUT2D eigenvalue weighted by molar-refractivity contribution is 7.07. The van der Waals surface area contributed by atoms with Crippen LogP contribution < -0.4 is 16.1 Å². The molecule has 222 valence electrons. The van der Waals surface area contributed by atoms with E-state index in [4.69, 9.17) is 16.8 Å². The number of nitrogens with zero attached hydrogens (tertiary/aromatic N) is 3. The summed E-state index contributed by atoms with van der Waals surface area (Å²) in [4.78, 5) is 34.7. The van der Waals surface area contributed by atoms with Crippen molar-refractivity contribution in [3.8, 4) is 0 Å². The smallest absolute Gasteiger partial charge is 0.318 e. The molecule has 1 atom stereocenters. The molecule has 11 heteroatoms. The zero-order valence-corrected chi connectivity index (χ0v) is 25.6. The van der Waals surface area contributed by atoms with Crippen LogP contribution in [0.25, 0.3) is 0 Å². The number of likely N-dealkylation sites (tertiary alicyclic amines) is 1. The van der Waals surface area contributed by atoms with Crippen molar-refractivity contribution in [2.24, 2.45) is 0 Å². The van der Waals surface area contributed by atoms with Gasteiger partial charge in [-0.25, -0.2) is 9.78 Å². The lowest BCUT2D eigenvalue weighted by Gasteiger charge is -2.40. The van der Waals surface area contributed by atoms with Gasteiger partial charge in [0.1, 0.15) is 5.15 Å². The lowest BCUT2D eigenvalue weighted by molar-refractivity contribution is 0.0905. The average molecular weight is 601 g/mol. The van der Waals surface area contributed by atoms with Crippen LogP contribution in [0.15, 0.2) is 59.5 Å². The van der Waals surface area contributed by atoms with Gasteiger partial charge in [0, 0.05) is 51.0 Å². The molecule has 1 saturated heterocycles. The van der Waals surface area contributed by atoms with Crippen molar-refractivity contribution in [3.05, 3.63) is 87.0 Å². The van der Waals surface area contributed by atoms with Gasteiger partial charge >= 0.3 is 6.03 Å². The van der Waals surface area contributed by atoms with Crippen LogP contribution in [0.4, 0.5) is 4.79 Å². The summed E-state index contributed by atoms with van der Waals surface area (Å²) in [6.07, 6.45) is 9.06. The molecule has 0 aromatic carbocycles. The summed E-state index contributed by atoms with van der Waals surface area (Å²) in [7, 11) is 0. The molecule has 0 aliphatic carbocycles. The first-order valence-electron chi connectivity index (χ1n) is 13.8. The second-order valence-corrected chi connectivity index (χ2v) is 11.4. The third-order valence-corrected chi connectivity index (χ3v) is 8.27. The van der Waals surface area contributed by atoms with Crippen molar-refractivity contribution < 1.29 is 14.8 Å². The number of piperidine rings is 1. The first-order chi connectivity index (χ1) is 19.7. The monoisotopic (exact) mass is 600 g/mol. The normalized spacial score (nSPS) is 15.5. The Morgan fingerprint density at radius 3 is 2.71 bits per heavy atom. The zero-order valence-electron chi connectivity index (χ0n) is 24.0. The molecule has 3 rings (SSSR count). The maximum absolute atomic E-state index is 13.4. The molecule has 0 bridgehead atoms. The highest BCUT2D eigenvalue weighted by atomic mass is 35.5. The summed E-state index contributed by atoms with van der Waals surface area (Å²) in [5.74, 6) is -0.126. The second kappa shape index (κ2) is 16.3. The van der Waals surface area contributed by atoms with E-state index in [1.165, 1.54) is 6.20 Å². The van der Waals surface area contributed by atoms with E-state index in [9.17, 15) is 9.59 Å². The van der Waals surface area contributed by atoms with Crippen LogP contribution in [0, 0.1) is 13.8 Å². The van der Waals surface area contributed by atoms with Gasteiger partial charge in [-0.05, 0) is 85.7 Å². The first kappa shape index (κ1) is 32.3. The van der Waals surface area contributed by atoms with Gasteiger partial charge < -0.3 is 20.4 Å². The number of hydrogen-bond acceptors (Lipinski definition) is 7. The minimum Gasteiger partial charge on any atom is -0.352 e. The van der Waals surface area contributed by atoms with Crippen molar-refractivity contribution in [2.75, 3.05) is 26.2 Å². The van der Waals surface area contributed by atoms with Crippen molar-refractivity contribution in [2.45, 2.75) is 58.7 Å². The summed E-state index contributed by atoms with van der Waals surface area (Å²) < 4.78 is 0. The molecule has 0 unspecified atom stereocenters. The van der Waals surface area contributed by atoms with Gasteiger partial charge in [-0.3, -0.25) is 15.5 Å². The highest BCUT2D eigenvalue weighted by Crippen LogP contribution is 2.23. The summed E-state index contributed by atoms with van der Waals surface area (Å²) >= 11 is 7.63. The number of aryl methyl sites for hydroxylation is 2. The van der Waals surface area contributed by atoms with Gasteiger partial charge in [-0.15, -0.1) is 0 Å². The van der Waals surface area contributed by atoms with Gasteiger partial charge in [-0.2, -0.15) is 11.3 Å². The largest absolute Gasteiger partial charge is 0.352 e. The Morgan fingerprint density at radius 1 is 1.32 bits per heavy atom. The molecule has 9 nitrogen and oxygen atoms in total. The molecule has 3 heterocycles. The molecule has 41 heavy (non-hydrogen) atoms. The molecule has 0 spiro atoms. The van der Waals surface area contributed by atoms with E-state index >= 15 is 0 Å². The number of thiophene rings is 1. The predicted molar refractivity (Wildman–Crippen MR) is 165 cm³/mol. The van der Waals surface area contributed by atoms with E-state index in [0.717, 1.165) is 49.1 Å². The number of allylic oxidation sites excluding steroid dienone is 2. The van der Waals surface area contributed by atoms with Gasteiger partial charge in [0.2, 0.25) is 0 Å². The van der Waals surface area contributed by atoms with Crippen molar-refractivity contribution in [3.63, 3.8) is 0 Å². The van der Waals surface area contributed by atoms with E-state index in [1.807, 2.05) is 22.7 Å². The van der Waals surface area contributed by atoms with Crippen LogP contribution in [-0.4, -0.2) is 70.2 Å². The van der Waals surface area contributed by atoms with Crippen molar-refractivity contribution in [1.82, 2.24) is 30.9 Å². The molecular formula is C30H41ClN6O3S. The number of hydroxylamine groups is 1. The molecule has 2 aromatic heterocycles. The summed E-state index contributed by atoms with van der Waals surface area (Å²) in [5, 5.41) is 19.4. The highest BCUT2D eigenvalue weighted by Gasteiger charge is 2.30. The molecule has 0 radical (unpaired) electrons. The lowest BCUT2D eigenvalue weighted by Crippen LogP contribution is -2.52. The number of urea groups is 1. The Bertz CT molecular complexity index is 1200. The minimum atomic E-state index is -0.126. The number of nitrogens with one attached hydrogen (secondary N) is 3. The van der Waals surface area contributed by atoms with Crippen molar-refractivity contribution >= 4 is 34.9 Å². The minimum absolute atomic E-state index is 0.114. The molecule has 4 N–H and O–H groups in total. The maximum atomic E-state index is 13.4. The van der Waals surface area contributed by atoms with E-state index in [2.05, 4.69) is 45.5 Å². The molecule has 2 aromatic rings. The van der Waals surface area contributed by atoms with E-state index in [-0.39, 0.29) is 18.0 Å². The van der Waals surface area contributed by atoms with Crippen LogP contribution in [0.5, 0.6) is 0 Å². The fourth-order valence-electron chi connectivity index (χ4n) is 5.13. The van der Waals surface area contributed by atoms with Crippen LogP contribution in [-0.2, 0) is 6.54 Å². The van der Waals surface area contributed by atoms with Gasteiger partial charge in [0.05, 0.1) is 11.3 Å². The van der Waals surface area contributed by atoms with E-state index in [1.54, 1.807) is 42.6 Å². The Morgan fingerprint density at radius 2 is 2.07 bits per heavy atom. The third-order valence-electron chi connectivity index (χ3n) is 7.35. The first-order valence-corrected chi connectivity index (χ1v) is 15.1. The number of pyridine rings is 1.